The Morgan fingerprint density at radius 1 is 1.73 bits per heavy atom. The van der Waals surface area contributed by atoms with Crippen molar-refractivity contribution in [3.63, 3.8) is 0 Å². The Hall–Kier alpha value is -0.610. The van der Waals surface area contributed by atoms with Crippen molar-refractivity contribution in [2.75, 3.05) is 19.6 Å². The lowest BCUT2D eigenvalue weighted by molar-refractivity contribution is -0.131. The summed E-state index contributed by atoms with van der Waals surface area (Å²) in [4.78, 5) is 12.2. The Balaban J connectivity index is 2.04. The quantitative estimate of drug-likeness (QED) is 0.607. The summed E-state index contributed by atoms with van der Waals surface area (Å²) in [7, 11) is 0. The highest BCUT2D eigenvalue weighted by molar-refractivity contribution is 5.84. The van der Waals surface area contributed by atoms with Crippen molar-refractivity contribution in [2.45, 2.75) is 32.2 Å². The fourth-order valence-corrected chi connectivity index (χ4v) is 2.95. The van der Waals surface area contributed by atoms with Crippen LogP contribution in [0.5, 0.6) is 0 Å². The number of carbonyl (C=O) groups excluding carboxylic acids is 1. The van der Waals surface area contributed by atoms with Crippen LogP contribution < -0.4 is 16.4 Å². The predicted molar refractivity (Wildman–Crippen MR) is 59.3 cm³/mol. The number of rotatable bonds is 3. The summed E-state index contributed by atoms with van der Waals surface area (Å²) in [5.74, 6) is 0.760. The molecule has 1 saturated carbocycles. The first kappa shape index (κ1) is 10.9. The van der Waals surface area contributed by atoms with Gasteiger partial charge in [0.05, 0.1) is 5.41 Å². The highest BCUT2D eigenvalue weighted by Crippen LogP contribution is 2.45. The van der Waals surface area contributed by atoms with Gasteiger partial charge in [-0.2, -0.15) is 0 Å². The van der Waals surface area contributed by atoms with Crippen LogP contribution in [0.25, 0.3) is 0 Å². The van der Waals surface area contributed by atoms with Gasteiger partial charge in [-0.1, -0.05) is 6.42 Å². The van der Waals surface area contributed by atoms with Gasteiger partial charge in [-0.3, -0.25) is 4.79 Å². The van der Waals surface area contributed by atoms with E-state index in [4.69, 9.17) is 5.73 Å². The third-order valence-electron chi connectivity index (χ3n) is 3.97. The fourth-order valence-electron chi connectivity index (χ4n) is 2.95. The van der Waals surface area contributed by atoms with Gasteiger partial charge in [0.25, 0.3) is 0 Å². The Morgan fingerprint density at radius 2 is 2.53 bits per heavy atom. The van der Waals surface area contributed by atoms with Gasteiger partial charge in [0.1, 0.15) is 0 Å². The minimum absolute atomic E-state index is 0.0914. The van der Waals surface area contributed by atoms with Crippen LogP contribution in [0.2, 0.25) is 0 Å². The highest BCUT2D eigenvalue weighted by atomic mass is 16.2. The molecule has 1 aliphatic carbocycles. The van der Waals surface area contributed by atoms with Crippen molar-refractivity contribution >= 4 is 5.91 Å². The van der Waals surface area contributed by atoms with Crippen molar-refractivity contribution in [1.82, 2.24) is 10.6 Å². The summed E-state index contributed by atoms with van der Waals surface area (Å²) in [5.41, 5.74) is 5.40. The molecule has 1 amide bonds. The van der Waals surface area contributed by atoms with Crippen molar-refractivity contribution in [2.24, 2.45) is 17.1 Å². The normalized spacial score (nSPS) is 36.3. The number of amides is 1. The second-order valence-electron chi connectivity index (χ2n) is 4.99. The Labute approximate surface area is 91.0 Å². The summed E-state index contributed by atoms with van der Waals surface area (Å²) in [6.07, 6.45) is 3.42. The van der Waals surface area contributed by atoms with Crippen LogP contribution in [0.15, 0.2) is 0 Å². The molecule has 0 unspecified atom stereocenters. The lowest BCUT2D eigenvalue weighted by atomic mass is 9.79. The first-order valence-electron chi connectivity index (χ1n) is 5.91. The van der Waals surface area contributed by atoms with Crippen LogP contribution >= 0.6 is 0 Å². The molecule has 0 bridgehead atoms. The molecular weight excluding hydrogens is 190 g/mol. The van der Waals surface area contributed by atoms with E-state index in [0.29, 0.717) is 12.5 Å². The molecule has 4 N–H and O–H groups in total. The lowest BCUT2D eigenvalue weighted by Gasteiger charge is -2.28. The molecule has 1 aliphatic heterocycles. The molecule has 0 aromatic carbocycles. The average molecular weight is 211 g/mol. The van der Waals surface area contributed by atoms with Gasteiger partial charge in [0.2, 0.25) is 5.91 Å². The monoisotopic (exact) mass is 211 g/mol. The molecule has 86 valence electrons. The number of fused-ring (bicyclic) bond motifs is 1. The Bertz CT molecular complexity index is 244. The van der Waals surface area contributed by atoms with E-state index in [0.717, 1.165) is 19.5 Å². The zero-order chi connectivity index (χ0) is 10.9. The van der Waals surface area contributed by atoms with E-state index >= 15 is 0 Å². The molecule has 0 aromatic rings. The minimum Gasteiger partial charge on any atom is -0.352 e. The highest BCUT2D eigenvalue weighted by Gasteiger charge is 2.51. The van der Waals surface area contributed by atoms with E-state index in [1.165, 1.54) is 12.8 Å². The van der Waals surface area contributed by atoms with Crippen molar-refractivity contribution in [3.8, 4) is 0 Å². The van der Waals surface area contributed by atoms with Crippen LogP contribution in [0.1, 0.15) is 26.2 Å². The summed E-state index contributed by atoms with van der Waals surface area (Å²) < 4.78 is 0. The summed E-state index contributed by atoms with van der Waals surface area (Å²) in [6.45, 7) is 4.33. The number of nitrogens with one attached hydrogen (secondary N) is 2. The van der Waals surface area contributed by atoms with Gasteiger partial charge in [0, 0.05) is 19.1 Å². The largest absolute Gasteiger partial charge is 0.352 e. The molecular formula is C11H21N3O. The molecule has 1 heterocycles. The molecule has 4 nitrogen and oxygen atoms in total. The minimum atomic E-state index is -0.122. The van der Waals surface area contributed by atoms with Crippen molar-refractivity contribution in [3.05, 3.63) is 0 Å². The van der Waals surface area contributed by atoms with E-state index < -0.39 is 0 Å². The molecule has 15 heavy (non-hydrogen) atoms. The zero-order valence-corrected chi connectivity index (χ0v) is 9.38. The van der Waals surface area contributed by atoms with Gasteiger partial charge in [-0.15, -0.1) is 0 Å². The van der Waals surface area contributed by atoms with Gasteiger partial charge in [0.15, 0.2) is 0 Å². The van der Waals surface area contributed by atoms with E-state index in [2.05, 4.69) is 10.6 Å². The fraction of sp³-hybridized carbons (Fsp3) is 0.909. The smallest absolute Gasteiger partial charge is 0.228 e. The molecule has 2 aliphatic rings. The van der Waals surface area contributed by atoms with Gasteiger partial charge in [-0.05, 0) is 32.2 Å². The second-order valence-corrected chi connectivity index (χ2v) is 4.99. The number of carbonyl (C=O) groups is 1. The maximum atomic E-state index is 12.2. The van der Waals surface area contributed by atoms with E-state index in [9.17, 15) is 4.79 Å². The molecule has 2 fully saturated rings. The van der Waals surface area contributed by atoms with Crippen LogP contribution in [0.3, 0.4) is 0 Å². The number of hydrogen-bond donors (Lipinski definition) is 3. The summed E-state index contributed by atoms with van der Waals surface area (Å²) in [6, 6.07) is 0.0914. The topological polar surface area (TPSA) is 67.1 Å². The second kappa shape index (κ2) is 4.10. The van der Waals surface area contributed by atoms with Crippen LogP contribution in [0.4, 0.5) is 0 Å². The third-order valence-corrected chi connectivity index (χ3v) is 3.97. The van der Waals surface area contributed by atoms with Gasteiger partial charge in [-0.25, -0.2) is 0 Å². The van der Waals surface area contributed by atoms with Crippen LogP contribution in [-0.2, 0) is 4.79 Å². The van der Waals surface area contributed by atoms with Crippen molar-refractivity contribution < 1.29 is 4.79 Å². The Morgan fingerprint density at radius 3 is 3.27 bits per heavy atom. The van der Waals surface area contributed by atoms with Crippen molar-refractivity contribution in [1.29, 1.82) is 0 Å². The van der Waals surface area contributed by atoms with E-state index in [1.54, 1.807) is 0 Å². The van der Waals surface area contributed by atoms with E-state index in [-0.39, 0.29) is 17.4 Å². The standard InChI is InChI=1S/C11H21N3O/c1-8(5-12)14-10(15)11-4-2-3-9(11)6-13-7-11/h8-9,13H,2-7,12H2,1H3,(H,14,15)/t8-,9+,11+/m0/s1. The number of hydrogen-bond acceptors (Lipinski definition) is 3. The zero-order valence-electron chi connectivity index (χ0n) is 9.38. The number of nitrogens with two attached hydrogens (primary N) is 1. The molecule has 4 heteroatoms. The summed E-state index contributed by atoms with van der Waals surface area (Å²) >= 11 is 0. The van der Waals surface area contributed by atoms with Gasteiger partial charge >= 0.3 is 0 Å². The lowest BCUT2D eigenvalue weighted by Crippen LogP contribution is -2.49. The molecule has 0 radical (unpaired) electrons. The first-order chi connectivity index (χ1) is 7.19. The predicted octanol–water partition coefficient (Wildman–Crippen LogP) is -0.160. The first-order valence-corrected chi connectivity index (χ1v) is 5.91. The molecule has 2 rings (SSSR count). The average Bonchev–Trinajstić information content (AvgIpc) is 2.75. The SMILES string of the molecule is C[C@@H](CN)NC(=O)[C@@]12CCC[C@@H]1CNC2. The molecule has 0 spiro atoms. The van der Waals surface area contributed by atoms with Crippen LogP contribution in [0, 0.1) is 11.3 Å². The maximum Gasteiger partial charge on any atom is 0.228 e. The molecule has 1 saturated heterocycles. The van der Waals surface area contributed by atoms with Gasteiger partial charge < -0.3 is 16.4 Å². The molecule has 3 atom stereocenters. The van der Waals surface area contributed by atoms with Crippen LogP contribution in [-0.4, -0.2) is 31.6 Å². The molecule has 0 aromatic heterocycles. The summed E-state index contributed by atoms with van der Waals surface area (Å²) in [5, 5.41) is 6.37. The Kier molecular flexibility index (Phi) is 2.98. The maximum absolute atomic E-state index is 12.2. The third kappa shape index (κ3) is 1.76. The van der Waals surface area contributed by atoms with E-state index in [1.807, 2.05) is 6.92 Å².